The van der Waals surface area contributed by atoms with Crippen molar-refractivity contribution in [3.63, 3.8) is 0 Å². The minimum atomic E-state index is -0.614. The zero-order valence-electron chi connectivity index (χ0n) is 18.8. The molecule has 1 aliphatic heterocycles. The molecular weight excluding hydrogens is 458 g/mol. The highest BCUT2D eigenvalue weighted by molar-refractivity contribution is 5.63. The number of anilines is 1. The first-order chi connectivity index (χ1) is 17.1. The van der Waals surface area contributed by atoms with Crippen LogP contribution in [0.2, 0.25) is 0 Å². The van der Waals surface area contributed by atoms with Crippen molar-refractivity contribution in [2.24, 2.45) is 5.92 Å². The highest BCUT2D eigenvalue weighted by Crippen LogP contribution is 2.31. The van der Waals surface area contributed by atoms with E-state index >= 15 is 0 Å². The summed E-state index contributed by atoms with van der Waals surface area (Å²) in [7, 11) is 0. The number of nitrogens with zero attached hydrogens (tertiary/aromatic N) is 6. The molecule has 11 heteroatoms. The summed E-state index contributed by atoms with van der Waals surface area (Å²) in [4.78, 5) is 10.3. The molecule has 0 saturated carbocycles. The molecule has 4 heterocycles. The fourth-order valence-corrected chi connectivity index (χ4v) is 4.42. The number of aliphatic hydroxyl groups excluding tert-OH is 2. The van der Waals surface area contributed by atoms with E-state index in [0.717, 1.165) is 6.20 Å². The minimum Gasteiger partial charge on any atom is -0.396 e. The van der Waals surface area contributed by atoms with Gasteiger partial charge in [0, 0.05) is 24.8 Å². The fraction of sp³-hybridized carbons (Fsp3) is 0.333. The molecule has 0 amide bonds. The van der Waals surface area contributed by atoms with Gasteiger partial charge in [-0.15, -0.1) is 0 Å². The average molecular weight is 482 g/mol. The molecule has 1 fully saturated rings. The minimum absolute atomic E-state index is 0.0200. The number of aliphatic hydroxyl groups is 2. The van der Waals surface area contributed by atoms with Crippen molar-refractivity contribution in [2.45, 2.75) is 25.4 Å². The van der Waals surface area contributed by atoms with E-state index in [1.807, 2.05) is 0 Å². The molecule has 2 atom stereocenters. The Morgan fingerprint density at radius 1 is 1.06 bits per heavy atom. The standard InChI is InChI=1S/C24H24F2N6O3/c25-18-4-2-1-3-16(18)12-32-22(20-6-8-35-30-20)10-21(29-32)23-27-11-19(26)24(28-23)31-7-5-15(13-33)9-17(31)14-34/h1-4,6,8,10-11,15,17,33-34H,5,7,9,12-14H2/t15-,17+/m0/s1. The van der Waals surface area contributed by atoms with Crippen LogP contribution in [0.4, 0.5) is 14.6 Å². The largest absolute Gasteiger partial charge is 0.396 e. The number of benzene rings is 1. The van der Waals surface area contributed by atoms with Gasteiger partial charge in [-0.25, -0.2) is 18.7 Å². The summed E-state index contributed by atoms with van der Waals surface area (Å²) in [6, 6.07) is 9.38. The molecule has 9 nitrogen and oxygen atoms in total. The molecule has 2 N–H and O–H groups in total. The van der Waals surface area contributed by atoms with Crippen LogP contribution in [0.1, 0.15) is 18.4 Å². The number of aromatic nitrogens is 5. The van der Waals surface area contributed by atoms with Gasteiger partial charge in [-0.1, -0.05) is 23.4 Å². The third-order valence-corrected chi connectivity index (χ3v) is 6.28. The molecule has 0 unspecified atom stereocenters. The second kappa shape index (κ2) is 9.88. The van der Waals surface area contributed by atoms with E-state index in [2.05, 4.69) is 20.2 Å². The summed E-state index contributed by atoms with van der Waals surface area (Å²) in [6.07, 6.45) is 3.68. The summed E-state index contributed by atoms with van der Waals surface area (Å²) in [5.41, 5.74) is 1.84. The van der Waals surface area contributed by atoms with Crippen LogP contribution in [0.5, 0.6) is 0 Å². The van der Waals surface area contributed by atoms with Crippen molar-refractivity contribution in [3.05, 3.63) is 66.1 Å². The van der Waals surface area contributed by atoms with Gasteiger partial charge in [-0.3, -0.25) is 4.68 Å². The lowest BCUT2D eigenvalue weighted by Crippen LogP contribution is -2.46. The molecule has 182 valence electrons. The van der Waals surface area contributed by atoms with E-state index in [-0.39, 0.29) is 49.2 Å². The van der Waals surface area contributed by atoms with Gasteiger partial charge in [0.05, 0.1) is 31.1 Å². The van der Waals surface area contributed by atoms with Crippen molar-refractivity contribution in [1.82, 2.24) is 24.9 Å². The van der Waals surface area contributed by atoms with Crippen LogP contribution >= 0.6 is 0 Å². The Hall–Kier alpha value is -3.70. The smallest absolute Gasteiger partial charge is 0.183 e. The normalized spacial score (nSPS) is 18.2. The van der Waals surface area contributed by atoms with Gasteiger partial charge in [-0.2, -0.15) is 5.10 Å². The SMILES string of the molecule is OC[C@H]1CCN(c2nc(-c3cc(-c4ccon4)n(Cc4ccccc4F)n3)ncc2F)[C@@H](CO)C1. The second-order valence-electron chi connectivity index (χ2n) is 8.52. The number of rotatable bonds is 7. The predicted molar refractivity (Wildman–Crippen MR) is 122 cm³/mol. The van der Waals surface area contributed by atoms with Crippen molar-refractivity contribution in [1.29, 1.82) is 0 Å². The Labute approximate surface area is 199 Å². The predicted octanol–water partition coefficient (Wildman–Crippen LogP) is 2.89. The second-order valence-corrected chi connectivity index (χ2v) is 8.52. The van der Waals surface area contributed by atoms with E-state index in [0.29, 0.717) is 42.0 Å². The third kappa shape index (κ3) is 4.64. The van der Waals surface area contributed by atoms with Gasteiger partial charge in [0.1, 0.15) is 23.5 Å². The van der Waals surface area contributed by atoms with Gasteiger partial charge >= 0.3 is 0 Å². The summed E-state index contributed by atoms with van der Waals surface area (Å²) in [5.74, 6) is -0.683. The van der Waals surface area contributed by atoms with E-state index in [1.165, 1.54) is 12.3 Å². The van der Waals surface area contributed by atoms with Gasteiger partial charge in [0.15, 0.2) is 17.5 Å². The van der Waals surface area contributed by atoms with Gasteiger partial charge < -0.3 is 19.6 Å². The summed E-state index contributed by atoms with van der Waals surface area (Å²) in [5, 5.41) is 27.9. The summed E-state index contributed by atoms with van der Waals surface area (Å²) in [6.45, 7) is 0.398. The average Bonchev–Trinajstić information content (AvgIpc) is 3.56. The summed E-state index contributed by atoms with van der Waals surface area (Å²) < 4.78 is 35.7. The Kier molecular flexibility index (Phi) is 6.51. The molecule has 1 saturated heterocycles. The quantitative estimate of drug-likeness (QED) is 0.414. The zero-order chi connectivity index (χ0) is 24.4. The maximum absolute atomic E-state index is 14.8. The maximum Gasteiger partial charge on any atom is 0.183 e. The topological polar surface area (TPSA) is 113 Å². The van der Waals surface area contributed by atoms with Crippen LogP contribution < -0.4 is 4.90 Å². The third-order valence-electron chi connectivity index (χ3n) is 6.28. The van der Waals surface area contributed by atoms with Crippen LogP contribution in [0.3, 0.4) is 0 Å². The fourth-order valence-electron chi connectivity index (χ4n) is 4.42. The Morgan fingerprint density at radius 3 is 2.66 bits per heavy atom. The molecule has 4 aromatic rings. The number of piperidine rings is 1. The van der Waals surface area contributed by atoms with Crippen molar-refractivity contribution >= 4 is 5.82 Å². The van der Waals surface area contributed by atoms with E-state index in [1.54, 1.807) is 39.9 Å². The Bertz CT molecular complexity index is 1300. The molecule has 0 spiro atoms. The lowest BCUT2D eigenvalue weighted by Gasteiger charge is -2.39. The lowest BCUT2D eigenvalue weighted by molar-refractivity contribution is 0.159. The van der Waals surface area contributed by atoms with Gasteiger partial charge in [0.25, 0.3) is 0 Å². The van der Waals surface area contributed by atoms with Crippen molar-refractivity contribution < 1.29 is 23.5 Å². The molecule has 0 bridgehead atoms. The van der Waals surface area contributed by atoms with E-state index in [9.17, 15) is 19.0 Å². The van der Waals surface area contributed by atoms with Crippen LogP contribution in [-0.4, -0.2) is 60.9 Å². The maximum atomic E-state index is 14.8. The highest BCUT2D eigenvalue weighted by atomic mass is 19.1. The van der Waals surface area contributed by atoms with Crippen LogP contribution in [0.25, 0.3) is 22.9 Å². The highest BCUT2D eigenvalue weighted by Gasteiger charge is 2.31. The molecule has 1 aromatic carbocycles. The first-order valence-corrected chi connectivity index (χ1v) is 11.3. The zero-order valence-corrected chi connectivity index (χ0v) is 18.8. The van der Waals surface area contributed by atoms with Crippen LogP contribution in [0.15, 0.2) is 53.4 Å². The van der Waals surface area contributed by atoms with Gasteiger partial charge in [-0.05, 0) is 30.9 Å². The Balaban J connectivity index is 1.52. The molecular formula is C24H24F2N6O3. The van der Waals surface area contributed by atoms with Crippen LogP contribution in [-0.2, 0) is 6.54 Å². The number of halogens is 2. The monoisotopic (exact) mass is 482 g/mol. The van der Waals surface area contributed by atoms with E-state index in [4.69, 9.17) is 4.52 Å². The molecule has 0 radical (unpaired) electrons. The van der Waals surface area contributed by atoms with E-state index < -0.39 is 5.82 Å². The first-order valence-electron chi connectivity index (χ1n) is 11.3. The first kappa shape index (κ1) is 23.1. The molecule has 5 rings (SSSR count). The van der Waals surface area contributed by atoms with Crippen molar-refractivity contribution in [3.8, 4) is 22.9 Å². The van der Waals surface area contributed by atoms with Crippen LogP contribution in [0, 0.1) is 17.6 Å². The lowest BCUT2D eigenvalue weighted by atomic mass is 9.92. The molecule has 35 heavy (non-hydrogen) atoms. The molecule has 3 aromatic heterocycles. The Morgan fingerprint density at radius 2 is 1.91 bits per heavy atom. The van der Waals surface area contributed by atoms with Crippen molar-refractivity contribution in [2.75, 3.05) is 24.7 Å². The summed E-state index contributed by atoms with van der Waals surface area (Å²) >= 11 is 0. The number of hydrogen-bond acceptors (Lipinski definition) is 8. The number of hydrogen-bond donors (Lipinski definition) is 2. The van der Waals surface area contributed by atoms with Gasteiger partial charge in [0.2, 0.25) is 0 Å². The molecule has 0 aliphatic carbocycles. The molecule has 1 aliphatic rings.